The van der Waals surface area contributed by atoms with Gasteiger partial charge in [0.2, 0.25) is 0 Å². The van der Waals surface area contributed by atoms with E-state index in [-0.39, 0.29) is 17.4 Å². The number of carbonyl (C=O) groups excluding carboxylic acids is 1. The van der Waals surface area contributed by atoms with Gasteiger partial charge in [0.25, 0.3) is 0 Å². The van der Waals surface area contributed by atoms with Gasteiger partial charge in [-0.3, -0.25) is 0 Å². The molecule has 228 valence electrons. The summed E-state index contributed by atoms with van der Waals surface area (Å²) < 4.78 is 11.0. The van der Waals surface area contributed by atoms with Crippen molar-refractivity contribution in [2.45, 2.75) is 90.9 Å². The predicted octanol–water partition coefficient (Wildman–Crippen LogP) is 4.42. The van der Waals surface area contributed by atoms with Gasteiger partial charge in [0.15, 0.2) is 5.82 Å². The van der Waals surface area contributed by atoms with Crippen LogP contribution < -0.4 is 16.3 Å². The zero-order valence-electron chi connectivity index (χ0n) is 25.6. The van der Waals surface area contributed by atoms with E-state index in [1.54, 1.807) is 16.2 Å². The molecule has 1 aliphatic carbocycles. The first kappa shape index (κ1) is 30.1. The Balaban J connectivity index is 1.20. The van der Waals surface area contributed by atoms with Crippen molar-refractivity contribution in [1.29, 1.82) is 0 Å². The number of likely N-dealkylation sites (tertiary alicyclic amines) is 1. The predicted molar refractivity (Wildman–Crippen MR) is 162 cm³/mol. The van der Waals surface area contributed by atoms with Crippen molar-refractivity contribution in [2.24, 2.45) is 5.92 Å². The molecule has 5 N–H and O–H groups in total. The highest BCUT2D eigenvalue weighted by molar-refractivity contribution is 7.12. The second-order valence-electron chi connectivity index (χ2n) is 13.3. The van der Waals surface area contributed by atoms with Crippen molar-refractivity contribution in [2.75, 3.05) is 18.4 Å². The maximum atomic E-state index is 12.4. The highest BCUT2D eigenvalue weighted by atomic mass is 32.1. The summed E-state index contributed by atoms with van der Waals surface area (Å²) >= 11 is 1.69. The third-order valence-corrected chi connectivity index (χ3v) is 8.81. The number of piperidine rings is 1. The quantitative estimate of drug-likeness (QED) is 0.282. The van der Waals surface area contributed by atoms with Gasteiger partial charge < -0.3 is 24.6 Å². The molecule has 0 bridgehead atoms. The number of nitrogens with two attached hydrogens (primary N) is 1. The van der Waals surface area contributed by atoms with Gasteiger partial charge in [-0.05, 0) is 58.6 Å². The summed E-state index contributed by atoms with van der Waals surface area (Å²) in [6, 6.07) is 1.85. The fraction of sp³-hybridized carbons (Fsp3) is 0.567. The number of nitrogens with zero attached hydrogens (tertiary/aromatic N) is 4. The van der Waals surface area contributed by atoms with E-state index in [2.05, 4.69) is 67.0 Å². The molecule has 4 heterocycles. The molecule has 2 unspecified atom stereocenters. The van der Waals surface area contributed by atoms with Crippen LogP contribution in [-0.2, 0) is 10.2 Å². The maximum Gasteiger partial charge on any atom is 0.410 e. The van der Waals surface area contributed by atoms with Gasteiger partial charge in [0.05, 0.1) is 21.8 Å². The van der Waals surface area contributed by atoms with Crippen LogP contribution in [0.1, 0.15) is 89.3 Å². The molecule has 1 saturated heterocycles. The van der Waals surface area contributed by atoms with Crippen LogP contribution in [-0.4, -0.2) is 56.2 Å². The first-order chi connectivity index (χ1) is 19.8. The Bertz CT molecular complexity index is 1370. The highest BCUT2D eigenvalue weighted by Gasteiger charge is 2.31. The maximum absolute atomic E-state index is 12.4. The van der Waals surface area contributed by atoms with Crippen molar-refractivity contribution < 1.29 is 24.7 Å². The summed E-state index contributed by atoms with van der Waals surface area (Å²) in [6.45, 7) is 15.3. The standard InChI is InChI=1S/C30H43N7O4S/c1-18-8-9-20(26(38)32-25-15-24(41-34-25)29(2,3)4)14-22(18)37-17-21(33-35-37)23-16-31-27(42-23)19-10-12-36(13-11-19)28(39)40-30(5,6)7/h8,14-17,19-20,26,33,35,38H,9-13H2,1-7H3,(H,32,34)/p+1. The number of nitrogens with one attached hydrogen (secondary N) is 2. The lowest BCUT2D eigenvalue weighted by Crippen LogP contribution is -2.96. The van der Waals surface area contributed by atoms with E-state index in [1.165, 1.54) is 0 Å². The first-order valence-electron chi connectivity index (χ1n) is 14.6. The molecule has 1 fully saturated rings. The molecule has 12 heteroatoms. The summed E-state index contributed by atoms with van der Waals surface area (Å²) in [4.78, 5) is 20.0. The molecule has 42 heavy (non-hydrogen) atoms. The normalized spacial score (nSPS) is 21.0. The highest BCUT2D eigenvalue weighted by Crippen LogP contribution is 2.34. The molecule has 2 aromatic heterocycles. The number of aromatic nitrogens is 2. The Kier molecular flexibility index (Phi) is 8.41. The summed E-state index contributed by atoms with van der Waals surface area (Å²) in [6.07, 6.45) is 9.66. The molecule has 0 radical (unpaired) electrons. The van der Waals surface area contributed by atoms with Gasteiger partial charge in [0, 0.05) is 42.6 Å². The number of amides is 1. The molecule has 2 aromatic rings. The molecule has 2 aliphatic heterocycles. The zero-order chi connectivity index (χ0) is 30.2. The molecular formula is C30H44N7O4S+. The van der Waals surface area contributed by atoms with Crippen LogP contribution in [0.5, 0.6) is 0 Å². The Morgan fingerprint density at radius 3 is 2.67 bits per heavy atom. The number of thiazole rings is 1. The van der Waals surface area contributed by atoms with E-state index in [0.29, 0.717) is 24.8 Å². The molecule has 0 aromatic carbocycles. The number of anilines is 1. The molecule has 0 saturated carbocycles. The number of quaternary nitrogens is 1. The molecule has 3 aliphatic rings. The van der Waals surface area contributed by atoms with Crippen LogP contribution in [0.25, 0.3) is 5.70 Å². The number of ether oxygens (including phenoxy) is 1. The van der Waals surface area contributed by atoms with E-state index in [1.807, 2.05) is 38.6 Å². The van der Waals surface area contributed by atoms with Crippen LogP contribution >= 0.6 is 11.3 Å². The smallest absolute Gasteiger partial charge is 0.410 e. The van der Waals surface area contributed by atoms with E-state index in [0.717, 1.165) is 51.9 Å². The average Bonchev–Trinajstić information content (AvgIpc) is 3.68. The first-order valence-corrected chi connectivity index (χ1v) is 15.4. The van der Waals surface area contributed by atoms with Crippen LogP contribution in [0.3, 0.4) is 0 Å². The lowest BCUT2D eigenvalue weighted by Gasteiger charge is -2.32. The van der Waals surface area contributed by atoms with Gasteiger partial charge in [-0.2, -0.15) is 5.01 Å². The third kappa shape index (κ3) is 6.99. The number of aliphatic hydroxyl groups excluding tert-OH is 1. The number of rotatable bonds is 6. The molecular weight excluding hydrogens is 554 g/mol. The Morgan fingerprint density at radius 2 is 2.00 bits per heavy atom. The van der Waals surface area contributed by atoms with E-state index >= 15 is 0 Å². The van der Waals surface area contributed by atoms with Gasteiger partial charge in [-0.1, -0.05) is 32.0 Å². The number of allylic oxidation sites excluding steroid dienone is 2. The number of aliphatic hydroxyl groups is 1. The van der Waals surface area contributed by atoms with Crippen molar-refractivity contribution >= 4 is 28.9 Å². The van der Waals surface area contributed by atoms with Crippen molar-refractivity contribution in [3.63, 3.8) is 0 Å². The van der Waals surface area contributed by atoms with E-state index in [9.17, 15) is 9.90 Å². The van der Waals surface area contributed by atoms with Crippen LogP contribution in [0.15, 0.2) is 46.4 Å². The van der Waals surface area contributed by atoms with Gasteiger partial charge in [-0.25, -0.2) is 15.2 Å². The molecule has 5 rings (SSSR count). The minimum Gasteiger partial charge on any atom is -0.444 e. The largest absolute Gasteiger partial charge is 0.444 e. The Labute approximate surface area is 251 Å². The second kappa shape index (κ2) is 11.7. The second-order valence-corrected chi connectivity index (χ2v) is 14.3. The fourth-order valence-electron chi connectivity index (χ4n) is 5.15. The van der Waals surface area contributed by atoms with Gasteiger partial charge >= 0.3 is 6.09 Å². The van der Waals surface area contributed by atoms with Gasteiger partial charge in [-0.15, -0.1) is 16.9 Å². The molecule has 11 nitrogen and oxygen atoms in total. The summed E-state index contributed by atoms with van der Waals surface area (Å²) in [5.41, 5.74) is 7.84. The number of hydrogen-bond donors (Lipinski definition) is 4. The minimum absolute atomic E-state index is 0.133. The average molecular weight is 599 g/mol. The van der Waals surface area contributed by atoms with E-state index in [4.69, 9.17) is 14.2 Å². The topological polar surface area (TPSA) is 133 Å². The number of hydrogen-bond acceptors (Lipinski definition) is 10. The lowest BCUT2D eigenvalue weighted by atomic mass is 9.92. The fourth-order valence-corrected chi connectivity index (χ4v) is 6.21. The Hall–Kier alpha value is -3.35. The summed E-state index contributed by atoms with van der Waals surface area (Å²) in [5, 5.41) is 21.3. The number of carbonyl (C=O) groups is 1. The van der Waals surface area contributed by atoms with Gasteiger partial charge in [0.1, 0.15) is 23.3 Å². The lowest BCUT2D eigenvalue weighted by molar-refractivity contribution is -0.811. The van der Waals surface area contributed by atoms with Crippen molar-refractivity contribution in [1.82, 2.24) is 25.5 Å². The minimum atomic E-state index is -0.813. The van der Waals surface area contributed by atoms with Crippen molar-refractivity contribution in [3.05, 3.63) is 57.5 Å². The third-order valence-electron chi connectivity index (χ3n) is 7.61. The molecule has 0 spiro atoms. The molecule has 2 atom stereocenters. The summed E-state index contributed by atoms with van der Waals surface area (Å²) in [7, 11) is 0. The van der Waals surface area contributed by atoms with Crippen LogP contribution in [0, 0.1) is 5.92 Å². The SMILES string of the molecule is CC1=CCC(C(O)Nc2cc(C(C)(C)C)on2)C=C1N1C=C(c2cnc(C3CCN(C(=O)OC(C)(C)C)CC3)s2)N[NH2+]1. The Morgan fingerprint density at radius 1 is 1.26 bits per heavy atom. The monoisotopic (exact) mass is 598 g/mol. The van der Waals surface area contributed by atoms with Crippen LogP contribution in [0.2, 0.25) is 0 Å². The van der Waals surface area contributed by atoms with E-state index < -0.39 is 11.8 Å². The zero-order valence-corrected chi connectivity index (χ0v) is 26.4. The molecule has 1 amide bonds. The van der Waals surface area contributed by atoms with Crippen molar-refractivity contribution in [3.8, 4) is 0 Å². The van der Waals surface area contributed by atoms with Crippen LogP contribution in [0.4, 0.5) is 10.6 Å². The summed E-state index contributed by atoms with van der Waals surface area (Å²) in [5.74, 6) is 1.49.